The summed E-state index contributed by atoms with van der Waals surface area (Å²) >= 11 is 1.33. The van der Waals surface area contributed by atoms with Gasteiger partial charge in [-0.2, -0.15) is 0 Å². The van der Waals surface area contributed by atoms with E-state index in [1.807, 2.05) is 5.38 Å². The Kier molecular flexibility index (Phi) is 5.56. The summed E-state index contributed by atoms with van der Waals surface area (Å²) in [6.07, 6.45) is 2.11. The van der Waals surface area contributed by atoms with Crippen LogP contribution in [-0.4, -0.2) is 25.0 Å². The molecule has 0 saturated heterocycles. The molecule has 1 fully saturated rings. The number of hydrogen-bond donors (Lipinski definition) is 2. The summed E-state index contributed by atoms with van der Waals surface area (Å²) in [5.74, 6) is -0.655. The van der Waals surface area contributed by atoms with Gasteiger partial charge in [-0.1, -0.05) is 6.07 Å². The molecule has 138 valence electrons. The Hall–Kier alpha value is -2.41. The molecule has 0 bridgehead atoms. The maximum absolute atomic E-state index is 13.6. The van der Waals surface area contributed by atoms with E-state index < -0.39 is 5.97 Å². The van der Waals surface area contributed by atoms with Crippen molar-refractivity contribution in [3.8, 4) is 0 Å². The number of benzene rings is 1. The molecule has 1 saturated carbocycles. The fourth-order valence-corrected chi connectivity index (χ4v) is 3.67. The zero-order chi connectivity index (χ0) is 18.7. The lowest BCUT2D eigenvalue weighted by atomic mass is 10.1. The first kappa shape index (κ1) is 18.4. The number of carbonyl (C=O) groups excluding carboxylic acids is 2. The van der Waals surface area contributed by atoms with Crippen molar-refractivity contribution in [3.63, 3.8) is 0 Å². The van der Waals surface area contributed by atoms with Gasteiger partial charge in [0.1, 0.15) is 10.8 Å². The van der Waals surface area contributed by atoms with Crippen LogP contribution in [0.15, 0.2) is 23.6 Å². The van der Waals surface area contributed by atoms with Crippen molar-refractivity contribution >= 4 is 33.9 Å². The molecule has 0 radical (unpaired) electrons. The third-order valence-corrected chi connectivity index (χ3v) is 5.11. The van der Waals surface area contributed by atoms with Crippen LogP contribution in [0.5, 0.6) is 0 Å². The molecule has 0 unspecified atom stereocenters. The second kappa shape index (κ2) is 7.86. The molecule has 3 rings (SSSR count). The van der Waals surface area contributed by atoms with Gasteiger partial charge in [0.25, 0.3) is 0 Å². The Balaban J connectivity index is 1.67. The molecule has 0 spiro atoms. The maximum Gasteiger partial charge on any atom is 0.341 e. The van der Waals surface area contributed by atoms with E-state index in [0.29, 0.717) is 27.7 Å². The lowest BCUT2D eigenvalue weighted by Gasteiger charge is -2.10. The lowest BCUT2D eigenvalue weighted by molar-refractivity contribution is -0.114. The number of halogens is 1. The third-order valence-electron chi connectivity index (χ3n) is 4.19. The van der Waals surface area contributed by atoms with Gasteiger partial charge >= 0.3 is 5.97 Å². The van der Waals surface area contributed by atoms with Crippen LogP contribution in [0.4, 0.5) is 15.1 Å². The predicted molar refractivity (Wildman–Crippen MR) is 101 cm³/mol. The molecule has 26 heavy (non-hydrogen) atoms. The molecule has 1 heterocycles. The standard InChI is InChI=1S/C19H21FN2O3S/c1-3-25-19(24)17-14(12-5-6-12)10-26-18(17)22-16(23)9-21-13-7-4-11(2)15(20)8-13/h4,7-8,10,12,21H,3,5-6,9H2,1-2H3,(H,22,23). The number of anilines is 2. The van der Waals surface area contributed by atoms with E-state index in [0.717, 1.165) is 18.4 Å². The minimum atomic E-state index is -0.403. The van der Waals surface area contributed by atoms with E-state index >= 15 is 0 Å². The summed E-state index contributed by atoms with van der Waals surface area (Å²) < 4.78 is 18.7. The highest BCUT2D eigenvalue weighted by Gasteiger charge is 2.32. The van der Waals surface area contributed by atoms with Crippen LogP contribution in [0.2, 0.25) is 0 Å². The van der Waals surface area contributed by atoms with Gasteiger partial charge in [-0.15, -0.1) is 11.3 Å². The van der Waals surface area contributed by atoms with E-state index in [1.54, 1.807) is 26.0 Å². The van der Waals surface area contributed by atoms with Gasteiger partial charge in [0.15, 0.2) is 0 Å². The predicted octanol–water partition coefficient (Wildman–Crippen LogP) is 4.30. The number of thiophene rings is 1. The first-order valence-corrected chi connectivity index (χ1v) is 9.46. The van der Waals surface area contributed by atoms with Crippen molar-refractivity contribution in [1.82, 2.24) is 0 Å². The molecule has 0 aliphatic heterocycles. The summed E-state index contributed by atoms with van der Waals surface area (Å²) in [7, 11) is 0. The number of hydrogen-bond acceptors (Lipinski definition) is 5. The Labute approximate surface area is 155 Å². The summed E-state index contributed by atoms with van der Waals surface area (Å²) in [5.41, 5.74) is 2.50. The van der Waals surface area contributed by atoms with E-state index in [-0.39, 0.29) is 24.9 Å². The van der Waals surface area contributed by atoms with E-state index in [9.17, 15) is 14.0 Å². The highest BCUT2D eigenvalue weighted by molar-refractivity contribution is 7.15. The molecule has 2 aromatic rings. The van der Waals surface area contributed by atoms with Gasteiger partial charge in [-0.05, 0) is 61.2 Å². The van der Waals surface area contributed by atoms with Crippen molar-refractivity contribution in [1.29, 1.82) is 0 Å². The van der Waals surface area contributed by atoms with Crippen molar-refractivity contribution < 1.29 is 18.7 Å². The quantitative estimate of drug-likeness (QED) is 0.707. The first-order chi connectivity index (χ1) is 12.5. The first-order valence-electron chi connectivity index (χ1n) is 8.58. The molecule has 1 amide bonds. The molecular formula is C19H21FN2O3S. The van der Waals surface area contributed by atoms with Crippen LogP contribution >= 0.6 is 11.3 Å². The van der Waals surface area contributed by atoms with Gasteiger partial charge < -0.3 is 15.4 Å². The summed E-state index contributed by atoms with van der Waals surface area (Å²) in [6.45, 7) is 3.69. The third kappa shape index (κ3) is 4.22. The van der Waals surface area contributed by atoms with Gasteiger partial charge in [0.05, 0.1) is 18.7 Å². The molecule has 1 aliphatic carbocycles. The molecule has 1 aromatic heterocycles. The highest BCUT2D eigenvalue weighted by atomic mass is 32.1. The van der Waals surface area contributed by atoms with Crippen LogP contribution < -0.4 is 10.6 Å². The zero-order valence-corrected chi connectivity index (χ0v) is 15.5. The van der Waals surface area contributed by atoms with Gasteiger partial charge in [0, 0.05) is 5.69 Å². The number of esters is 1. The van der Waals surface area contributed by atoms with E-state index in [2.05, 4.69) is 10.6 Å². The van der Waals surface area contributed by atoms with Crippen LogP contribution in [0.1, 0.15) is 47.2 Å². The smallest absolute Gasteiger partial charge is 0.341 e. The average Bonchev–Trinajstić information content (AvgIpc) is 3.37. The van der Waals surface area contributed by atoms with Crippen LogP contribution in [0.3, 0.4) is 0 Å². The number of nitrogens with one attached hydrogen (secondary N) is 2. The number of carbonyl (C=O) groups is 2. The van der Waals surface area contributed by atoms with E-state index in [1.165, 1.54) is 17.4 Å². The van der Waals surface area contributed by atoms with Crippen molar-refractivity contribution in [2.75, 3.05) is 23.8 Å². The molecule has 0 atom stereocenters. The van der Waals surface area contributed by atoms with Crippen LogP contribution in [-0.2, 0) is 9.53 Å². The van der Waals surface area contributed by atoms with Crippen LogP contribution in [0.25, 0.3) is 0 Å². The number of ether oxygens (including phenoxy) is 1. The monoisotopic (exact) mass is 376 g/mol. The van der Waals surface area contributed by atoms with E-state index in [4.69, 9.17) is 4.74 Å². The highest BCUT2D eigenvalue weighted by Crippen LogP contribution is 2.46. The Bertz CT molecular complexity index is 830. The number of rotatable bonds is 7. The summed E-state index contributed by atoms with van der Waals surface area (Å²) in [5, 5.41) is 8.08. The van der Waals surface area contributed by atoms with Gasteiger partial charge in [-0.3, -0.25) is 4.79 Å². The average molecular weight is 376 g/mol. The fraction of sp³-hybridized carbons (Fsp3) is 0.368. The largest absolute Gasteiger partial charge is 0.462 e. The van der Waals surface area contributed by atoms with Crippen LogP contribution in [0, 0.1) is 12.7 Å². The Morgan fingerprint density at radius 2 is 2.12 bits per heavy atom. The lowest BCUT2D eigenvalue weighted by Crippen LogP contribution is -2.22. The molecule has 2 N–H and O–H groups in total. The van der Waals surface area contributed by atoms with Crippen molar-refractivity contribution in [2.24, 2.45) is 0 Å². The van der Waals surface area contributed by atoms with Crippen molar-refractivity contribution in [2.45, 2.75) is 32.6 Å². The zero-order valence-electron chi connectivity index (χ0n) is 14.7. The molecule has 1 aliphatic rings. The number of aryl methyl sites for hydroxylation is 1. The normalized spacial score (nSPS) is 13.3. The minimum absolute atomic E-state index is 0.0264. The van der Waals surface area contributed by atoms with Gasteiger partial charge in [-0.25, -0.2) is 9.18 Å². The maximum atomic E-state index is 13.6. The Morgan fingerprint density at radius 1 is 1.35 bits per heavy atom. The molecule has 5 nitrogen and oxygen atoms in total. The Morgan fingerprint density at radius 3 is 2.77 bits per heavy atom. The minimum Gasteiger partial charge on any atom is -0.462 e. The second-order valence-electron chi connectivity index (χ2n) is 6.26. The van der Waals surface area contributed by atoms with Gasteiger partial charge in [0.2, 0.25) is 5.91 Å². The summed E-state index contributed by atoms with van der Waals surface area (Å²) in [4.78, 5) is 24.5. The van der Waals surface area contributed by atoms with Crippen molar-refractivity contribution in [3.05, 3.63) is 46.1 Å². The number of amides is 1. The second-order valence-corrected chi connectivity index (χ2v) is 7.14. The fourth-order valence-electron chi connectivity index (χ4n) is 2.63. The molecular weight excluding hydrogens is 355 g/mol. The topological polar surface area (TPSA) is 67.4 Å². The summed E-state index contributed by atoms with van der Waals surface area (Å²) in [6, 6.07) is 4.71. The molecule has 7 heteroatoms. The molecule has 1 aromatic carbocycles. The SMILES string of the molecule is CCOC(=O)c1c(C2CC2)csc1NC(=O)CNc1ccc(C)c(F)c1.